The summed E-state index contributed by atoms with van der Waals surface area (Å²) in [4.78, 5) is 12.1. The first-order valence-electron chi connectivity index (χ1n) is 6.50. The summed E-state index contributed by atoms with van der Waals surface area (Å²) in [5.74, 6) is -1.00. The van der Waals surface area contributed by atoms with Crippen LogP contribution in [0.3, 0.4) is 0 Å². The zero-order valence-corrected chi connectivity index (χ0v) is 12.1. The van der Waals surface area contributed by atoms with Gasteiger partial charge in [0.05, 0.1) is 23.1 Å². The molecule has 0 saturated heterocycles. The van der Waals surface area contributed by atoms with Crippen molar-refractivity contribution >= 4 is 23.2 Å². The van der Waals surface area contributed by atoms with E-state index in [4.69, 9.17) is 11.6 Å². The minimum atomic E-state index is -0.548. The van der Waals surface area contributed by atoms with Crippen molar-refractivity contribution in [3.63, 3.8) is 0 Å². The molecule has 1 N–H and O–H groups in total. The number of nitrogens with zero attached hydrogens (tertiary/aromatic N) is 2. The molecule has 6 heteroatoms. The quantitative estimate of drug-likeness (QED) is 0.796. The first kappa shape index (κ1) is 14.3. The molecule has 3 aromatic rings. The van der Waals surface area contributed by atoms with Crippen LogP contribution < -0.4 is 5.32 Å². The smallest absolute Gasteiger partial charge is 0.258 e. The van der Waals surface area contributed by atoms with Gasteiger partial charge in [0, 0.05) is 11.2 Å². The Kier molecular flexibility index (Phi) is 3.89. The summed E-state index contributed by atoms with van der Waals surface area (Å²) in [6.07, 6.45) is 3.00. The third kappa shape index (κ3) is 2.99. The minimum Gasteiger partial charge on any atom is -0.319 e. The Bertz CT molecular complexity index is 817. The molecule has 0 spiro atoms. The highest BCUT2D eigenvalue weighted by atomic mass is 35.5. The van der Waals surface area contributed by atoms with Gasteiger partial charge in [-0.15, -0.1) is 0 Å². The maximum Gasteiger partial charge on any atom is 0.258 e. The van der Waals surface area contributed by atoms with Crippen LogP contribution >= 0.6 is 11.6 Å². The number of carbonyl (C=O) groups excluding carboxylic acids is 1. The maximum absolute atomic E-state index is 13.6. The van der Waals surface area contributed by atoms with E-state index in [1.54, 1.807) is 10.9 Å². The highest BCUT2D eigenvalue weighted by Crippen LogP contribution is 2.20. The van der Waals surface area contributed by atoms with Gasteiger partial charge in [-0.25, -0.2) is 9.07 Å². The SMILES string of the molecule is O=C(Nc1cc(Cl)ccc1F)c1cnn(-c2ccccc2)c1. The van der Waals surface area contributed by atoms with Crippen LogP contribution in [0.15, 0.2) is 60.9 Å². The number of hydrogen-bond donors (Lipinski definition) is 1. The lowest BCUT2D eigenvalue weighted by Gasteiger charge is -2.05. The number of anilines is 1. The van der Waals surface area contributed by atoms with E-state index in [0.717, 1.165) is 5.69 Å². The molecule has 0 aliphatic carbocycles. The Morgan fingerprint density at radius 1 is 1.18 bits per heavy atom. The van der Waals surface area contributed by atoms with Gasteiger partial charge < -0.3 is 5.32 Å². The Morgan fingerprint density at radius 2 is 1.95 bits per heavy atom. The molecule has 0 atom stereocenters. The molecule has 110 valence electrons. The maximum atomic E-state index is 13.6. The molecular weight excluding hydrogens is 305 g/mol. The zero-order chi connectivity index (χ0) is 15.5. The lowest BCUT2D eigenvalue weighted by atomic mass is 10.2. The summed E-state index contributed by atoms with van der Waals surface area (Å²) in [6, 6.07) is 13.3. The Labute approximate surface area is 131 Å². The Hall–Kier alpha value is -2.66. The molecule has 0 aliphatic rings. The number of aromatic nitrogens is 2. The molecule has 4 nitrogen and oxygen atoms in total. The number of carbonyl (C=O) groups is 1. The molecule has 0 saturated carbocycles. The summed E-state index contributed by atoms with van der Waals surface area (Å²) in [5.41, 5.74) is 1.18. The summed E-state index contributed by atoms with van der Waals surface area (Å²) >= 11 is 5.80. The van der Waals surface area contributed by atoms with E-state index in [2.05, 4.69) is 10.4 Å². The number of halogens is 2. The van der Waals surface area contributed by atoms with Crippen molar-refractivity contribution in [2.24, 2.45) is 0 Å². The van der Waals surface area contributed by atoms with Crippen molar-refractivity contribution in [1.29, 1.82) is 0 Å². The first-order chi connectivity index (χ1) is 10.6. The van der Waals surface area contributed by atoms with Gasteiger partial charge in [-0.05, 0) is 30.3 Å². The van der Waals surface area contributed by atoms with Gasteiger partial charge in [0.1, 0.15) is 5.82 Å². The van der Waals surface area contributed by atoms with Crippen LogP contribution in [0.4, 0.5) is 10.1 Å². The highest BCUT2D eigenvalue weighted by molar-refractivity contribution is 6.31. The summed E-state index contributed by atoms with van der Waals surface area (Å²) < 4.78 is 15.2. The molecule has 22 heavy (non-hydrogen) atoms. The summed E-state index contributed by atoms with van der Waals surface area (Å²) in [5, 5.41) is 6.95. The molecular formula is C16H11ClFN3O. The number of benzene rings is 2. The van der Waals surface area contributed by atoms with Crippen molar-refractivity contribution in [3.8, 4) is 5.69 Å². The zero-order valence-electron chi connectivity index (χ0n) is 11.3. The minimum absolute atomic E-state index is 0.0324. The average Bonchev–Trinajstić information content (AvgIpc) is 3.02. The largest absolute Gasteiger partial charge is 0.319 e. The van der Waals surface area contributed by atoms with Gasteiger partial charge in [0.25, 0.3) is 5.91 Å². The summed E-state index contributed by atoms with van der Waals surface area (Å²) in [7, 11) is 0. The molecule has 1 heterocycles. The number of rotatable bonds is 3. The van der Waals surface area contributed by atoms with Crippen LogP contribution in [0.25, 0.3) is 5.69 Å². The van der Waals surface area contributed by atoms with E-state index in [-0.39, 0.29) is 5.69 Å². The van der Waals surface area contributed by atoms with Gasteiger partial charge >= 0.3 is 0 Å². The van der Waals surface area contributed by atoms with Crippen molar-refractivity contribution in [1.82, 2.24) is 9.78 Å². The summed E-state index contributed by atoms with van der Waals surface area (Å²) in [6.45, 7) is 0. The van der Waals surface area contributed by atoms with Crippen LogP contribution in [0.2, 0.25) is 5.02 Å². The fourth-order valence-electron chi connectivity index (χ4n) is 1.95. The second-order valence-corrected chi connectivity index (χ2v) is 5.02. The van der Waals surface area contributed by atoms with Crippen LogP contribution in [0.5, 0.6) is 0 Å². The second kappa shape index (κ2) is 5.99. The first-order valence-corrected chi connectivity index (χ1v) is 6.88. The van der Waals surface area contributed by atoms with Crippen LogP contribution in [0.1, 0.15) is 10.4 Å². The molecule has 2 aromatic carbocycles. The van der Waals surface area contributed by atoms with Gasteiger partial charge in [-0.2, -0.15) is 5.10 Å². The fourth-order valence-corrected chi connectivity index (χ4v) is 2.12. The molecule has 0 bridgehead atoms. The molecule has 0 aliphatic heterocycles. The van der Waals surface area contributed by atoms with Gasteiger partial charge in [0.15, 0.2) is 0 Å². The standard InChI is InChI=1S/C16H11ClFN3O/c17-12-6-7-14(18)15(8-12)20-16(22)11-9-19-21(10-11)13-4-2-1-3-5-13/h1-10H,(H,20,22). The lowest BCUT2D eigenvalue weighted by molar-refractivity contribution is 0.102. The predicted molar refractivity (Wildman–Crippen MR) is 82.9 cm³/mol. The third-order valence-electron chi connectivity index (χ3n) is 3.04. The van der Waals surface area contributed by atoms with E-state index < -0.39 is 11.7 Å². The van der Waals surface area contributed by atoms with E-state index in [9.17, 15) is 9.18 Å². The van der Waals surface area contributed by atoms with E-state index >= 15 is 0 Å². The van der Waals surface area contributed by atoms with E-state index in [1.165, 1.54) is 24.4 Å². The third-order valence-corrected chi connectivity index (χ3v) is 3.28. The molecule has 0 unspecified atom stereocenters. The predicted octanol–water partition coefficient (Wildman–Crippen LogP) is 3.92. The number of para-hydroxylation sites is 1. The molecule has 1 aromatic heterocycles. The average molecular weight is 316 g/mol. The monoisotopic (exact) mass is 315 g/mol. The van der Waals surface area contributed by atoms with Gasteiger partial charge in [0.2, 0.25) is 0 Å². The topological polar surface area (TPSA) is 46.9 Å². The molecule has 0 fully saturated rings. The van der Waals surface area contributed by atoms with Crippen LogP contribution in [-0.4, -0.2) is 15.7 Å². The second-order valence-electron chi connectivity index (χ2n) is 4.59. The van der Waals surface area contributed by atoms with Crippen molar-refractivity contribution in [2.75, 3.05) is 5.32 Å². The lowest BCUT2D eigenvalue weighted by Crippen LogP contribution is -2.12. The van der Waals surface area contributed by atoms with Gasteiger partial charge in [-0.3, -0.25) is 4.79 Å². The van der Waals surface area contributed by atoms with Crippen LogP contribution in [-0.2, 0) is 0 Å². The number of amides is 1. The van der Waals surface area contributed by atoms with Crippen LogP contribution in [0, 0.1) is 5.82 Å². The molecule has 0 radical (unpaired) electrons. The molecule has 3 rings (SSSR count). The Morgan fingerprint density at radius 3 is 2.73 bits per heavy atom. The normalized spacial score (nSPS) is 10.5. The van der Waals surface area contributed by atoms with E-state index in [1.807, 2.05) is 30.3 Å². The van der Waals surface area contributed by atoms with Gasteiger partial charge in [-0.1, -0.05) is 29.8 Å². The van der Waals surface area contributed by atoms with Crippen molar-refractivity contribution in [3.05, 3.63) is 77.3 Å². The Balaban J connectivity index is 1.81. The van der Waals surface area contributed by atoms with Crippen molar-refractivity contribution in [2.45, 2.75) is 0 Å². The van der Waals surface area contributed by atoms with Crippen molar-refractivity contribution < 1.29 is 9.18 Å². The molecule has 1 amide bonds. The fraction of sp³-hybridized carbons (Fsp3) is 0. The number of nitrogens with one attached hydrogen (secondary N) is 1. The number of hydrogen-bond acceptors (Lipinski definition) is 2. The highest BCUT2D eigenvalue weighted by Gasteiger charge is 2.12. The van der Waals surface area contributed by atoms with E-state index in [0.29, 0.717) is 10.6 Å².